The van der Waals surface area contributed by atoms with Gasteiger partial charge in [-0.05, 0) is 23.8 Å². The molecule has 2 aliphatic heterocycles. The Morgan fingerprint density at radius 3 is 2.03 bits per heavy atom. The third kappa shape index (κ3) is 3.35. The van der Waals surface area contributed by atoms with Crippen LogP contribution in [-0.4, -0.2) is 27.8 Å². The third-order valence-corrected chi connectivity index (χ3v) is 5.87. The van der Waals surface area contributed by atoms with Crippen molar-refractivity contribution in [3.8, 4) is 0 Å². The number of non-ortho nitro benzene ring substituents is 2. The van der Waals surface area contributed by atoms with Gasteiger partial charge in [-0.15, -0.1) is 0 Å². The van der Waals surface area contributed by atoms with E-state index in [1.807, 2.05) is 6.07 Å². The van der Waals surface area contributed by atoms with Crippen molar-refractivity contribution in [1.29, 1.82) is 0 Å². The van der Waals surface area contributed by atoms with Crippen molar-refractivity contribution in [3.05, 3.63) is 105 Å². The Hall–Kier alpha value is -4.64. The van der Waals surface area contributed by atoms with Gasteiger partial charge in [0.1, 0.15) is 5.92 Å². The van der Waals surface area contributed by atoms with E-state index in [1.54, 1.807) is 24.3 Å². The summed E-state index contributed by atoms with van der Waals surface area (Å²) in [6, 6.07) is 19.1. The van der Waals surface area contributed by atoms with E-state index in [-0.39, 0.29) is 17.1 Å². The smallest absolute Gasteiger partial charge is 0.271 e. The summed E-state index contributed by atoms with van der Waals surface area (Å²) in [4.78, 5) is 54.8. The number of imide groups is 1. The first-order valence-corrected chi connectivity index (χ1v) is 10.2. The van der Waals surface area contributed by atoms with Crippen molar-refractivity contribution in [3.63, 3.8) is 0 Å². The molecule has 2 amide bonds. The average molecular weight is 460 g/mol. The van der Waals surface area contributed by atoms with Gasteiger partial charge < -0.3 is 0 Å². The van der Waals surface area contributed by atoms with Crippen molar-refractivity contribution in [2.45, 2.75) is 12.1 Å². The second-order valence-electron chi connectivity index (χ2n) is 7.80. The van der Waals surface area contributed by atoms with Crippen LogP contribution in [0.4, 0.5) is 22.7 Å². The topological polar surface area (TPSA) is 136 Å². The first-order valence-electron chi connectivity index (χ1n) is 10.2. The standard InChI is InChI=1S/C23H16N4O7/c28-22-19-20(14-9-11-16(12-10-14)26(30)31)25(15-5-2-1-3-6-15)34-21(19)23(29)24(22)17-7-4-8-18(13-17)27(32)33/h1-13,19-21H. The highest BCUT2D eigenvalue weighted by molar-refractivity contribution is 6.24. The van der Waals surface area contributed by atoms with Gasteiger partial charge in [-0.2, -0.15) is 0 Å². The second kappa shape index (κ2) is 8.05. The minimum atomic E-state index is -1.16. The number of hydroxylamine groups is 1. The Morgan fingerprint density at radius 2 is 1.38 bits per heavy atom. The van der Waals surface area contributed by atoms with Crippen LogP contribution in [0.3, 0.4) is 0 Å². The lowest BCUT2D eigenvalue weighted by Crippen LogP contribution is -2.37. The largest absolute Gasteiger partial charge is 0.273 e. The molecule has 0 saturated carbocycles. The molecular formula is C23H16N4O7. The van der Waals surface area contributed by atoms with Gasteiger partial charge in [0.2, 0.25) is 5.91 Å². The molecule has 2 aliphatic rings. The fourth-order valence-electron chi connectivity index (χ4n) is 4.35. The molecule has 3 aromatic carbocycles. The molecule has 170 valence electrons. The predicted octanol–water partition coefficient (Wildman–Crippen LogP) is 3.55. The zero-order chi connectivity index (χ0) is 24.0. The average Bonchev–Trinajstić information content (AvgIpc) is 3.35. The van der Waals surface area contributed by atoms with Gasteiger partial charge in [-0.3, -0.25) is 34.7 Å². The van der Waals surface area contributed by atoms with Crippen LogP contribution in [0.25, 0.3) is 0 Å². The van der Waals surface area contributed by atoms with E-state index in [9.17, 15) is 29.8 Å². The van der Waals surface area contributed by atoms with Crippen LogP contribution in [0.15, 0.2) is 78.9 Å². The summed E-state index contributed by atoms with van der Waals surface area (Å²) in [5.74, 6) is -2.17. The molecule has 2 fully saturated rings. The summed E-state index contributed by atoms with van der Waals surface area (Å²) in [6.07, 6.45) is -1.16. The first kappa shape index (κ1) is 21.2. The summed E-state index contributed by atoms with van der Waals surface area (Å²) in [7, 11) is 0. The van der Waals surface area contributed by atoms with Gasteiger partial charge in [-0.25, -0.2) is 9.96 Å². The van der Waals surface area contributed by atoms with Crippen LogP contribution in [0.2, 0.25) is 0 Å². The summed E-state index contributed by atoms with van der Waals surface area (Å²) >= 11 is 0. The third-order valence-electron chi connectivity index (χ3n) is 5.87. The van der Waals surface area contributed by atoms with Crippen molar-refractivity contribution in [1.82, 2.24) is 0 Å². The maximum Gasteiger partial charge on any atom is 0.271 e. The van der Waals surface area contributed by atoms with Gasteiger partial charge in [0.05, 0.1) is 27.3 Å². The van der Waals surface area contributed by atoms with Crippen molar-refractivity contribution in [2.24, 2.45) is 5.92 Å². The van der Waals surface area contributed by atoms with Gasteiger partial charge in [0.15, 0.2) is 6.10 Å². The van der Waals surface area contributed by atoms with E-state index in [0.717, 1.165) is 11.0 Å². The van der Waals surface area contributed by atoms with Crippen LogP contribution < -0.4 is 9.96 Å². The lowest BCUT2D eigenvalue weighted by molar-refractivity contribution is -0.385. The summed E-state index contributed by atoms with van der Waals surface area (Å²) in [5, 5.41) is 23.7. The van der Waals surface area contributed by atoms with Crippen molar-refractivity contribution < 1.29 is 24.3 Å². The highest BCUT2D eigenvalue weighted by atomic mass is 16.7. The molecule has 0 spiro atoms. The number of amides is 2. The quantitative estimate of drug-likeness (QED) is 0.320. The summed E-state index contributed by atoms with van der Waals surface area (Å²) in [6.45, 7) is 0. The molecule has 3 atom stereocenters. The molecule has 0 radical (unpaired) electrons. The summed E-state index contributed by atoms with van der Waals surface area (Å²) < 4.78 is 0. The van der Waals surface area contributed by atoms with Crippen LogP contribution in [0.1, 0.15) is 11.6 Å². The van der Waals surface area contributed by atoms with Crippen LogP contribution in [0.5, 0.6) is 0 Å². The van der Waals surface area contributed by atoms with E-state index in [1.165, 1.54) is 47.5 Å². The highest BCUT2D eigenvalue weighted by Crippen LogP contribution is 2.47. The molecule has 34 heavy (non-hydrogen) atoms. The van der Waals surface area contributed by atoms with Crippen LogP contribution >= 0.6 is 0 Å². The van der Waals surface area contributed by atoms with Crippen LogP contribution in [-0.2, 0) is 14.4 Å². The number of hydrogen-bond donors (Lipinski definition) is 0. The molecule has 2 heterocycles. The molecule has 0 aromatic heterocycles. The Morgan fingerprint density at radius 1 is 0.735 bits per heavy atom. The molecule has 11 nitrogen and oxygen atoms in total. The molecular weight excluding hydrogens is 444 g/mol. The molecule has 0 bridgehead atoms. The molecule has 11 heteroatoms. The highest BCUT2D eigenvalue weighted by Gasteiger charge is 2.60. The number of anilines is 2. The minimum Gasteiger partial charge on any atom is -0.273 e. The fraction of sp³-hybridized carbons (Fsp3) is 0.130. The number of nitro groups is 2. The fourth-order valence-corrected chi connectivity index (χ4v) is 4.35. The van der Waals surface area contributed by atoms with E-state index in [0.29, 0.717) is 11.3 Å². The number of benzene rings is 3. The molecule has 0 aliphatic carbocycles. The number of fused-ring (bicyclic) bond motifs is 1. The van der Waals surface area contributed by atoms with Gasteiger partial charge in [0.25, 0.3) is 17.3 Å². The number of carbonyl (C=O) groups is 2. The molecule has 5 rings (SSSR count). The lowest BCUT2D eigenvalue weighted by atomic mass is 9.90. The molecule has 0 N–H and O–H groups in total. The number of nitro benzene ring substituents is 2. The second-order valence-corrected chi connectivity index (χ2v) is 7.80. The number of nitrogens with zero attached hydrogens (tertiary/aromatic N) is 4. The number of para-hydroxylation sites is 1. The summed E-state index contributed by atoms with van der Waals surface area (Å²) in [5.41, 5.74) is 0.856. The molecule has 3 aromatic rings. The Bertz CT molecular complexity index is 1310. The number of rotatable bonds is 5. The normalized spacial score (nSPS) is 21.6. The zero-order valence-electron chi connectivity index (χ0n) is 17.4. The SMILES string of the molecule is O=C1C2ON(c3ccccc3)C(c3ccc([N+](=O)[O-])cc3)C2C(=O)N1c1cccc([N+](=O)[O-])c1. The van der Waals surface area contributed by atoms with Gasteiger partial charge in [0, 0.05) is 24.3 Å². The van der Waals surface area contributed by atoms with E-state index in [2.05, 4.69) is 0 Å². The lowest BCUT2D eigenvalue weighted by Gasteiger charge is -2.28. The Labute approximate surface area is 192 Å². The van der Waals surface area contributed by atoms with E-state index < -0.39 is 39.7 Å². The minimum absolute atomic E-state index is 0.0795. The maximum atomic E-state index is 13.5. The number of carbonyl (C=O) groups excluding carboxylic acids is 2. The number of hydrogen-bond acceptors (Lipinski definition) is 8. The Kier molecular flexibility index (Phi) is 5.02. The van der Waals surface area contributed by atoms with Crippen molar-refractivity contribution in [2.75, 3.05) is 9.96 Å². The molecule has 2 saturated heterocycles. The first-order chi connectivity index (χ1) is 16.4. The van der Waals surface area contributed by atoms with Gasteiger partial charge in [-0.1, -0.05) is 36.4 Å². The maximum absolute atomic E-state index is 13.5. The zero-order valence-corrected chi connectivity index (χ0v) is 17.4. The molecule has 3 unspecified atom stereocenters. The predicted molar refractivity (Wildman–Crippen MR) is 119 cm³/mol. The van der Waals surface area contributed by atoms with E-state index in [4.69, 9.17) is 4.84 Å². The van der Waals surface area contributed by atoms with Crippen LogP contribution in [0, 0.1) is 26.1 Å². The van der Waals surface area contributed by atoms with Crippen molar-refractivity contribution >= 4 is 34.6 Å². The van der Waals surface area contributed by atoms with Gasteiger partial charge >= 0.3 is 0 Å². The Balaban J connectivity index is 1.57. The van der Waals surface area contributed by atoms with E-state index >= 15 is 0 Å². The monoisotopic (exact) mass is 460 g/mol.